The molecule has 6 nitrogen and oxygen atoms in total. The van der Waals surface area contributed by atoms with E-state index in [2.05, 4.69) is 22.2 Å². The number of nitrogens with zero attached hydrogens (tertiary/aromatic N) is 3. The van der Waals surface area contributed by atoms with Crippen LogP contribution in [0.25, 0.3) is 0 Å². The summed E-state index contributed by atoms with van der Waals surface area (Å²) in [5, 5.41) is 3.05. The summed E-state index contributed by atoms with van der Waals surface area (Å²) in [4.78, 5) is 29.5. The fourth-order valence-corrected chi connectivity index (χ4v) is 4.03. The standard InChI is InChI=1S/C18H28N4O2/c1-20-10-12-22(13-11-20)18(7-3-4-8-18)14-19-16(23)15-6-5-9-21(2)17(15)24/h5-6,9H,3-4,7-8,10-14H2,1-2H3,(H,19,23). The van der Waals surface area contributed by atoms with Gasteiger partial charge in [-0.25, -0.2) is 0 Å². The van der Waals surface area contributed by atoms with Crippen molar-refractivity contribution in [2.75, 3.05) is 39.8 Å². The highest BCUT2D eigenvalue weighted by atomic mass is 16.2. The van der Waals surface area contributed by atoms with E-state index in [9.17, 15) is 9.59 Å². The number of carbonyl (C=O) groups is 1. The molecule has 1 saturated carbocycles. The highest BCUT2D eigenvalue weighted by molar-refractivity contribution is 5.93. The minimum atomic E-state index is -0.253. The van der Waals surface area contributed by atoms with Crippen molar-refractivity contribution in [3.63, 3.8) is 0 Å². The van der Waals surface area contributed by atoms with Gasteiger partial charge in [-0.05, 0) is 32.0 Å². The van der Waals surface area contributed by atoms with Gasteiger partial charge in [-0.2, -0.15) is 0 Å². The second-order valence-electron chi connectivity index (χ2n) is 7.24. The first kappa shape index (κ1) is 17.2. The van der Waals surface area contributed by atoms with Gasteiger partial charge in [-0.3, -0.25) is 14.5 Å². The molecule has 0 aromatic carbocycles. The second kappa shape index (κ2) is 7.07. The number of hydrogen-bond acceptors (Lipinski definition) is 4. The summed E-state index contributed by atoms with van der Waals surface area (Å²) in [7, 11) is 3.83. The highest BCUT2D eigenvalue weighted by Crippen LogP contribution is 2.35. The smallest absolute Gasteiger partial charge is 0.263 e. The van der Waals surface area contributed by atoms with E-state index in [1.165, 1.54) is 17.4 Å². The number of aromatic nitrogens is 1. The largest absolute Gasteiger partial charge is 0.350 e. The Labute approximate surface area is 143 Å². The summed E-state index contributed by atoms with van der Waals surface area (Å²) in [5.74, 6) is -0.253. The van der Waals surface area contributed by atoms with Gasteiger partial charge in [0.15, 0.2) is 0 Å². The van der Waals surface area contributed by atoms with Gasteiger partial charge in [0.2, 0.25) is 0 Å². The average molecular weight is 332 g/mol. The normalized spacial score (nSPS) is 21.8. The monoisotopic (exact) mass is 332 g/mol. The van der Waals surface area contributed by atoms with Crippen LogP contribution in [0.5, 0.6) is 0 Å². The molecule has 0 bridgehead atoms. The van der Waals surface area contributed by atoms with E-state index in [0.717, 1.165) is 39.0 Å². The number of piperazine rings is 1. The van der Waals surface area contributed by atoms with E-state index in [0.29, 0.717) is 6.54 Å². The Balaban J connectivity index is 1.69. The van der Waals surface area contributed by atoms with Crippen molar-refractivity contribution < 1.29 is 4.79 Å². The van der Waals surface area contributed by atoms with Crippen molar-refractivity contribution in [1.82, 2.24) is 19.7 Å². The number of amides is 1. The molecule has 1 aromatic heterocycles. The van der Waals surface area contributed by atoms with Gasteiger partial charge in [0.25, 0.3) is 11.5 Å². The number of likely N-dealkylation sites (N-methyl/N-ethyl adjacent to an activating group) is 1. The fourth-order valence-electron chi connectivity index (χ4n) is 4.03. The third-order valence-electron chi connectivity index (χ3n) is 5.65. The van der Waals surface area contributed by atoms with Gasteiger partial charge in [-0.1, -0.05) is 12.8 Å². The van der Waals surface area contributed by atoms with Gasteiger partial charge in [-0.15, -0.1) is 0 Å². The van der Waals surface area contributed by atoms with Gasteiger partial charge in [0.1, 0.15) is 5.56 Å². The van der Waals surface area contributed by atoms with Crippen LogP contribution in [0.4, 0.5) is 0 Å². The molecule has 0 spiro atoms. The van der Waals surface area contributed by atoms with E-state index in [-0.39, 0.29) is 22.6 Å². The van der Waals surface area contributed by atoms with Crippen LogP contribution >= 0.6 is 0 Å². The Hall–Kier alpha value is -1.66. The molecule has 1 aromatic rings. The molecular weight excluding hydrogens is 304 g/mol. The van der Waals surface area contributed by atoms with Crippen LogP contribution in [-0.4, -0.2) is 65.6 Å². The number of pyridine rings is 1. The number of rotatable bonds is 4. The summed E-state index contributed by atoms with van der Waals surface area (Å²) in [6.07, 6.45) is 6.36. The van der Waals surface area contributed by atoms with Crippen molar-refractivity contribution in [1.29, 1.82) is 0 Å². The molecule has 0 atom stereocenters. The lowest BCUT2D eigenvalue weighted by atomic mass is 9.93. The van der Waals surface area contributed by atoms with Crippen molar-refractivity contribution in [3.05, 3.63) is 34.2 Å². The molecular formula is C18H28N4O2. The maximum atomic E-state index is 12.5. The van der Waals surface area contributed by atoms with Crippen molar-refractivity contribution in [2.24, 2.45) is 7.05 Å². The van der Waals surface area contributed by atoms with Gasteiger partial charge < -0.3 is 14.8 Å². The number of nitrogens with one attached hydrogen (secondary N) is 1. The molecule has 2 aliphatic rings. The van der Waals surface area contributed by atoms with Crippen LogP contribution in [0.15, 0.2) is 23.1 Å². The van der Waals surface area contributed by atoms with E-state index >= 15 is 0 Å². The number of aryl methyl sites for hydroxylation is 1. The fraction of sp³-hybridized carbons (Fsp3) is 0.667. The second-order valence-corrected chi connectivity index (χ2v) is 7.24. The lowest BCUT2D eigenvalue weighted by Gasteiger charge is -2.45. The third-order valence-corrected chi connectivity index (χ3v) is 5.65. The van der Waals surface area contributed by atoms with Crippen molar-refractivity contribution in [3.8, 4) is 0 Å². The maximum Gasteiger partial charge on any atom is 0.263 e. The molecule has 3 rings (SSSR count). The topological polar surface area (TPSA) is 57.6 Å². The summed E-state index contributed by atoms with van der Waals surface area (Å²) < 4.78 is 1.45. The summed E-state index contributed by atoms with van der Waals surface area (Å²) in [6.45, 7) is 4.90. The summed E-state index contributed by atoms with van der Waals surface area (Å²) in [5.41, 5.74) is 0.0540. The predicted molar refractivity (Wildman–Crippen MR) is 94.3 cm³/mol. The molecule has 0 unspecified atom stereocenters. The van der Waals surface area contributed by atoms with Crippen molar-refractivity contribution in [2.45, 2.75) is 31.2 Å². The van der Waals surface area contributed by atoms with Crippen LogP contribution in [-0.2, 0) is 7.05 Å². The molecule has 1 amide bonds. The Morgan fingerprint density at radius 1 is 1.17 bits per heavy atom. The Morgan fingerprint density at radius 2 is 1.83 bits per heavy atom. The van der Waals surface area contributed by atoms with Crippen LogP contribution in [0.3, 0.4) is 0 Å². The Kier molecular flexibility index (Phi) is 5.06. The lowest BCUT2D eigenvalue weighted by Crippen LogP contribution is -2.59. The molecule has 0 radical (unpaired) electrons. The van der Waals surface area contributed by atoms with Crippen LogP contribution in [0.2, 0.25) is 0 Å². The Morgan fingerprint density at radius 3 is 2.50 bits per heavy atom. The zero-order valence-electron chi connectivity index (χ0n) is 14.8. The van der Waals surface area contributed by atoms with Gasteiger partial charge >= 0.3 is 0 Å². The molecule has 1 aliphatic carbocycles. The number of hydrogen-bond donors (Lipinski definition) is 1. The molecule has 24 heavy (non-hydrogen) atoms. The van der Waals surface area contributed by atoms with Crippen molar-refractivity contribution >= 4 is 5.91 Å². The first-order chi connectivity index (χ1) is 11.5. The predicted octanol–water partition coefficient (Wildman–Crippen LogP) is 0.675. The van der Waals surface area contributed by atoms with E-state index in [1.54, 1.807) is 25.4 Å². The van der Waals surface area contributed by atoms with Crippen LogP contribution < -0.4 is 10.9 Å². The molecule has 1 N–H and O–H groups in total. The first-order valence-electron chi connectivity index (χ1n) is 8.89. The minimum absolute atomic E-state index is 0.0664. The highest BCUT2D eigenvalue weighted by Gasteiger charge is 2.40. The molecule has 6 heteroatoms. The minimum Gasteiger partial charge on any atom is -0.350 e. The molecule has 2 heterocycles. The first-order valence-corrected chi connectivity index (χ1v) is 8.89. The molecule has 1 aliphatic heterocycles. The average Bonchev–Trinajstić information content (AvgIpc) is 3.06. The SMILES string of the molecule is CN1CCN(C2(CNC(=O)c3cccn(C)c3=O)CCCC2)CC1. The van der Waals surface area contributed by atoms with E-state index in [1.807, 2.05) is 0 Å². The van der Waals surface area contributed by atoms with E-state index < -0.39 is 0 Å². The van der Waals surface area contributed by atoms with Gasteiger partial charge in [0.05, 0.1) is 0 Å². The quantitative estimate of drug-likeness (QED) is 0.881. The zero-order valence-corrected chi connectivity index (χ0v) is 14.8. The zero-order chi connectivity index (χ0) is 17.2. The number of carbonyl (C=O) groups excluding carboxylic acids is 1. The third kappa shape index (κ3) is 3.39. The maximum absolute atomic E-state index is 12.5. The van der Waals surface area contributed by atoms with Crippen LogP contribution in [0, 0.1) is 0 Å². The summed E-state index contributed by atoms with van der Waals surface area (Å²) >= 11 is 0. The summed E-state index contributed by atoms with van der Waals surface area (Å²) in [6, 6.07) is 3.34. The molecule has 132 valence electrons. The van der Waals surface area contributed by atoms with E-state index in [4.69, 9.17) is 0 Å². The Bertz CT molecular complexity index is 641. The molecule has 1 saturated heterocycles. The van der Waals surface area contributed by atoms with Gasteiger partial charge in [0, 0.05) is 51.5 Å². The van der Waals surface area contributed by atoms with Crippen LogP contribution in [0.1, 0.15) is 36.0 Å². The lowest BCUT2D eigenvalue weighted by molar-refractivity contribution is 0.0414. The molecule has 2 fully saturated rings.